The third-order valence-electron chi connectivity index (χ3n) is 4.98. The predicted molar refractivity (Wildman–Crippen MR) is 99.4 cm³/mol. The molecule has 0 bridgehead atoms. The van der Waals surface area contributed by atoms with E-state index in [1.54, 1.807) is 6.07 Å². The van der Waals surface area contributed by atoms with E-state index in [0.717, 1.165) is 18.8 Å². The van der Waals surface area contributed by atoms with Crippen LogP contribution in [0.1, 0.15) is 17.9 Å². The van der Waals surface area contributed by atoms with Crippen molar-refractivity contribution in [3.63, 3.8) is 0 Å². The van der Waals surface area contributed by atoms with Crippen molar-refractivity contribution < 1.29 is 14.3 Å². The largest absolute Gasteiger partial charge is 0.454 e. The number of amides is 1. The van der Waals surface area contributed by atoms with Crippen LogP contribution in [0, 0.1) is 0 Å². The number of nitrogens with one attached hydrogen (secondary N) is 1. The first-order valence-electron chi connectivity index (χ1n) is 8.91. The van der Waals surface area contributed by atoms with Crippen LogP contribution in [0.4, 0.5) is 5.69 Å². The van der Waals surface area contributed by atoms with Gasteiger partial charge in [-0.25, -0.2) is 0 Å². The first-order valence-corrected chi connectivity index (χ1v) is 8.91. The molecule has 2 aliphatic rings. The number of hydrogen-bond acceptors (Lipinski definition) is 5. The van der Waals surface area contributed by atoms with Gasteiger partial charge in [0.1, 0.15) is 0 Å². The summed E-state index contributed by atoms with van der Waals surface area (Å²) in [6, 6.07) is 15.9. The van der Waals surface area contributed by atoms with E-state index in [2.05, 4.69) is 22.3 Å². The molecule has 2 aliphatic heterocycles. The molecule has 1 saturated heterocycles. The maximum absolute atomic E-state index is 12.3. The Hall–Kier alpha value is -2.57. The molecule has 2 heterocycles. The molecule has 2 atom stereocenters. The molecule has 2 aromatic carbocycles. The van der Waals surface area contributed by atoms with Gasteiger partial charge in [0, 0.05) is 49.8 Å². The zero-order valence-electron chi connectivity index (χ0n) is 14.6. The predicted octanol–water partition coefficient (Wildman–Crippen LogP) is 2.17. The summed E-state index contributed by atoms with van der Waals surface area (Å²) in [5.41, 5.74) is 8.31. The SMILES string of the molecule is N[C@@H]1CN(CCC(=O)Nc2ccc3c(c2)OCO3)C[C@H]1c1ccccc1. The lowest BCUT2D eigenvalue weighted by Crippen LogP contribution is -2.30. The van der Waals surface area contributed by atoms with E-state index < -0.39 is 0 Å². The molecule has 0 saturated carbocycles. The van der Waals surface area contributed by atoms with Gasteiger partial charge in [-0.05, 0) is 17.7 Å². The fourth-order valence-electron chi connectivity index (χ4n) is 3.61. The van der Waals surface area contributed by atoms with Crippen LogP contribution in [-0.2, 0) is 4.79 Å². The first-order chi connectivity index (χ1) is 12.7. The second kappa shape index (κ2) is 7.35. The van der Waals surface area contributed by atoms with Gasteiger partial charge >= 0.3 is 0 Å². The number of fused-ring (bicyclic) bond motifs is 1. The van der Waals surface area contributed by atoms with E-state index >= 15 is 0 Å². The summed E-state index contributed by atoms with van der Waals surface area (Å²) < 4.78 is 10.6. The van der Waals surface area contributed by atoms with E-state index in [4.69, 9.17) is 15.2 Å². The van der Waals surface area contributed by atoms with Crippen molar-refractivity contribution in [3.8, 4) is 11.5 Å². The Kier molecular flexibility index (Phi) is 4.77. The Morgan fingerprint density at radius 3 is 2.77 bits per heavy atom. The number of nitrogens with zero attached hydrogens (tertiary/aromatic N) is 1. The number of rotatable bonds is 5. The molecular weight excluding hydrogens is 330 g/mol. The molecule has 6 heteroatoms. The van der Waals surface area contributed by atoms with Crippen LogP contribution < -0.4 is 20.5 Å². The smallest absolute Gasteiger partial charge is 0.231 e. The second-order valence-electron chi connectivity index (χ2n) is 6.81. The Bertz CT molecular complexity index is 781. The molecule has 26 heavy (non-hydrogen) atoms. The van der Waals surface area contributed by atoms with Crippen LogP contribution in [0.2, 0.25) is 0 Å². The van der Waals surface area contributed by atoms with Gasteiger partial charge in [-0.15, -0.1) is 0 Å². The quantitative estimate of drug-likeness (QED) is 0.861. The topological polar surface area (TPSA) is 76.8 Å². The third kappa shape index (κ3) is 3.66. The number of anilines is 1. The van der Waals surface area contributed by atoms with Crippen LogP contribution in [0.5, 0.6) is 11.5 Å². The normalized spacial score (nSPS) is 21.7. The molecule has 3 N–H and O–H groups in total. The van der Waals surface area contributed by atoms with Crippen molar-refractivity contribution in [2.24, 2.45) is 5.73 Å². The number of nitrogens with two attached hydrogens (primary N) is 1. The Morgan fingerprint density at radius 2 is 1.92 bits per heavy atom. The molecule has 6 nitrogen and oxygen atoms in total. The number of ether oxygens (including phenoxy) is 2. The molecule has 1 amide bonds. The summed E-state index contributed by atoms with van der Waals surface area (Å²) in [4.78, 5) is 14.5. The van der Waals surface area contributed by atoms with Crippen molar-refractivity contribution in [2.75, 3.05) is 31.7 Å². The van der Waals surface area contributed by atoms with Crippen LogP contribution in [0.3, 0.4) is 0 Å². The van der Waals surface area contributed by atoms with Crippen molar-refractivity contribution in [2.45, 2.75) is 18.4 Å². The lowest BCUT2D eigenvalue weighted by Gasteiger charge is -2.16. The summed E-state index contributed by atoms with van der Waals surface area (Å²) in [7, 11) is 0. The second-order valence-corrected chi connectivity index (χ2v) is 6.81. The fourth-order valence-corrected chi connectivity index (χ4v) is 3.61. The Balaban J connectivity index is 1.28. The zero-order valence-corrected chi connectivity index (χ0v) is 14.6. The first kappa shape index (κ1) is 16.9. The van der Waals surface area contributed by atoms with Crippen LogP contribution in [0.15, 0.2) is 48.5 Å². The lowest BCUT2D eigenvalue weighted by molar-refractivity contribution is -0.116. The van der Waals surface area contributed by atoms with E-state index in [9.17, 15) is 4.79 Å². The van der Waals surface area contributed by atoms with Gasteiger partial charge in [-0.2, -0.15) is 0 Å². The number of benzene rings is 2. The van der Waals surface area contributed by atoms with Gasteiger partial charge in [0.15, 0.2) is 11.5 Å². The standard InChI is InChI=1S/C20H23N3O3/c21-17-12-23(11-16(17)14-4-2-1-3-5-14)9-8-20(24)22-15-6-7-18-19(10-15)26-13-25-18/h1-7,10,16-17H,8-9,11-13,21H2,(H,22,24)/t16-,17+/m0/s1. The van der Waals surface area contributed by atoms with Crippen LogP contribution in [0.25, 0.3) is 0 Å². The van der Waals surface area contributed by atoms with Crippen LogP contribution in [-0.4, -0.2) is 43.3 Å². The van der Waals surface area contributed by atoms with E-state index in [1.807, 2.05) is 30.3 Å². The average Bonchev–Trinajstić information content (AvgIpc) is 3.26. The van der Waals surface area contributed by atoms with Gasteiger partial charge in [0.2, 0.25) is 12.7 Å². The number of hydrogen-bond donors (Lipinski definition) is 2. The molecule has 1 fully saturated rings. The number of likely N-dealkylation sites (tertiary alicyclic amines) is 1. The molecule has 0 aliphatic carbocycles. The lowest BCUT2D eigenvalue weighted by atomic mass is 9.95. The number of carbonyl (C=O) groups excluding carboxylic acids is 1. The average molecular weight is 353 g/mol. The van der Waals surface area contributed by atoms with Gasteiger partial charge < -0.3 is 25.4 Å². The molecule has 0 spiro atoms. The van der Waals surface area contributed by atoms with E-state index in [1.165, 1.54) is 5.56 Å². The summed E-state index contributed by atoms with van der Waals surface area (Å²) in [5, 5.41) is 2.92. The minimum absolute atomic E-state index is 0.0133. The molecule has 0 aromatic heterocycles. The Labute approximate surface area is 152 Å². The molecule has 0 unspecified atom stereocenters. The monoisotopic (exact) mass is 353 g/mol. The summed E-state index contributed by atoms with van der Waals surface area (Å²) >= 11 is 0. The highest BCUT2D eigenvalue weighted by Gasteiger charge is 2.31. The number of carbonyl (C=O) groups is 1. The maximum Gasteiger partial charge on any atom is 0.231 e. The minimum Gasteiger partial charge on any atom is -0.454 e. The molecule has 4 rings (SSSR count). The van der Waals surface area contributed by atoms with Crippen molar-refractivity contribution in [1.82, 2.24) is 4.90 Å². The minimum atomic E-state index is -0.0133. The molecular formula is C20H23N3O3. The van der Waals surface area contributed by atoms with Gasteiger partial charge in [-0.1, -0.05) is 30.3 Å². The van der Waals surface area contributed by atoms with Crippen molar-refractivity contribution in [1.29, 1.82) is 0 Å². The highest BCUT2D eigenvalue weighted by Crippen LogP contribution is 2.34. The molecule has 136 valence electrons. The van der Waals surface area contributed by atoms with Crippen LogP contribution >= 0.6 is 0 Å². The molecule has 2 aromatic rings. The van der Waals surface area contributed by atoms with Crippen molar-refractivity contribution >= 4 is 11.6 Å². The summed E-state index contributed by atoms with van der Waals surface area (Å²) in [6.07, 6.45) is 0.433. The Morgan fingerprint density at radius 1 is 1.12 bits per heavy atom. The highest BCUT2D eigenvalue weighted by molar-refractivity contribution is 5.91. The third-order valence-corrected chi connectivity index (χ3v) is 4.98. The van der Waals surface area contributed by atoms with Crippen molar-refractivity contribution in [3.05, 3.63) is 54.1 Å². The highest BCUT2D eigenvalue weighted by atomic mass is 16.7. The van der Waals surface area contributed by atoms with Gasteiger partial charge in [-0.3, -0.25) is 4.79 Å². The maximum atomic E-state index is 12.3. The van der Waals surface area contributed by atoms with Gasteiger partial charge in [0.05, 0.1) is 0 Å². The molecule has 0 radical (unpaired) electrons. The summed E-state index contributed by atoms with van der Waals surface area (Å²) in [6.45, 7) is 2.64. The van der Waals surface area contributed by atoms with E-state index in [0.29, 0.717) is 30.4 Å². The van der Waals surface area contributed by atoms with Gasteiger partial charge in [0.25, 0.3) is 0 Å². The fraction of sp³-hybridized carbons (Fsp3) is 0.350. The zero-order chi connectivity index (χ0) is 17.9. The van der Waals surface area contributed by atoms with E-state index in [-0.39, 0.29) is 18.7 Å². The summed E-state index contributed by atoms with van der Waals surface area (Å²) in [5.74, 6) is 1.69.